The van der Waals surface area contributed by atoms with Crippen LogP contribution in [0.2, 0.25) is 0 Å². The number of carbonyl (C=O) groups is 1. The topological polar surface area (TPSA) is 61.9 Å². The number of likely N-dealkylation sites (tertiary alicyclic amines) is 1. The molecule has 3 rings (SSSR count). The van der Waals surface area contributed by atoms with Crippen LogP contribution < -0.4 is 5.73 Å². The molecule has 5 heteroatoms. The van der Waals surface area contributed by atoms with Gasteiger partial charge in [-0.15, -0.1) is 0 Å². The van der Waals surface area contributed by atoms with Crippen molar-refractivity contribution in [3.63, 3.8) is 0 Å². The smallest absolute Gasteiger partial charge is 0.223 e. The molecule has 1 aromatic rings. The van der Waals surface area contributed by atoms with Crippen LogP contribution in [0.4, 0.5) is 0 Å². The third-order valence-corrected chi connectivity index (χ3v) is 5.12. The van der Waals surface area contributed by atoms with E-state index in [1.165, 1.54) is 24.0 Å². The summed E-state index contributed by atoms with van der Waals surface area (Å²) in [6, 6.07) is 8.28. The normalized spacial score (nSPS) is 18.8. The van der Waals surface area contributed by atoms with Crippen LogP contribution in [0.1, 0.15) is 43.7 Å². The van der Waals surface area contributed by atoms with Gasteiger partial charge in [-0.3, -0.25) is 9.79 Å². The van der Waals surface area contributed by atoms with Gasteiger partial charge in [0.25, 0.3) is 0 Å². The van der Waals surface area contributed by atoms with E-state index in [0.29, 0.717) is 18.9 Å². The lowest BCUT2D eigenvalue weighted by Gasteiger charge is -2.31. The molecular formula is C19H28N4O. The Morgan fingerprint density at radius 3 is 2.42 bits per heavy atom. The SMILES string of the molecule is CC1CCN(C(N)=NCCCC(=O)N2Cc3ccccc3C2)CC1. The Labute approximate surface area is 144 Å². The number of piperidine rings is 1. The molecule has 0 radical (unpaired) electrons. The standard InChI is InChI=1S/C19H28N4O/c1-15-8-11-22(12-9-15)19(20)21-10-4-7-18(24)23-13-16-5-2-3-6-17(16)14-23/h2-3,5-6,15H,4,7-14H2,1H3,(H2,20,21). The molecule has 130 valence electrons. The predicted molar refractivity (Wildman–Crippen MR) is 96.4 cm³/mol. The van der Waals surface area contributed by atoms with E-state index < -0.39 is 0 Å². The molecule has 1 aromatic carbocycles. The van der Waals surface area contributed by atoms with Crippen LogP contribution in [0, 0.1) is 5.92 Å². The molecule has 5 nitrogen and oxygen atoms in total. The maximum absolute atomic E-state index is 12.3. The zero-order valence-electron chi connectivity index (χ0n) is 14.6. The van der Waals surface area contributed by atoms with Gasteiger partial charge in [0.15, 0.2) is 5.96 Å². The molecule has 1 saturated heterocycles. The Hall–Kier alpha value is -2.04. The highest BCUT2D eigenvalue weighted by molar-refractivity contribution is 5.78. The molecule has 1 amide bonds. The van der Waals surface area contributed by atoms with E-state index >= 15 is 0 Å². The van der Waals surface area contributed by atoms with Crippen LogP contribution in [0.3, 0.4) is 0 Å². The molecule has 0 bridgehead atoms. The number of guanidine groups is 1. The molecule has 2 N–H and O–H groups in total. The van der Waals surface area contributed by atoms with Gasteiger partial charge < -0.3 is 15.5 Å². The molecule has 2 heterocycles. The molecule has 2 aliphatic heterocycles. The van der Waals surface area contributed by atoms with Crippen molar-refractivity contribution < 1.29 is 4.79 Å². The van der Waals surface area contributed by atoms with E-state index in [9.17, 15) is 4.79 Å². The maximum Gasteiger partial charge on any atom is 0.223 e. The van der Waals surface area contributed by atoms with E-state index in [1.54, 1.807) is 0 Å². The van der Waals surface area contributed by atoms with Crippen LogP contribution in [-0.4, -0.2) is 41.3 Å². The van der Waals surface area contributed by atoms with Crippen LogP contribution >= 0.6 is 0 Å². The first kappa shape index (κ1) is 16.8. The van der Waals surface area contributed by atoms with Gasteiger partial charge in [0.1, 0.15) is 0 Å². The van der Waals surface area contributed by atoms with Gasteiger partial charge in [-0.25, -0.2) is 0 Å². The first-order valence-electron chi connectivity index (χ1n) is 9.03. The fourth-order valence-corrected chi connectivity index (χ4v) is 3.43. The summed E-state index contributed by atoms with van der Waals surface area (Å²) in [5, 5.41) is 0. The monoisotopic (exact) mass is 328 g/mol. The maximum atomic E-state index is 12.3. The van der Waals surface area contributed by atoms with E-state index in [2.05, 4.69) is 28.9 Å². The van der Waals surface area contributed by atoms with Crippen molar-refractivity contribution in [1.82, 2.24) is 9.80 Å². The minimum atomic E-state index is 0.215. The Kier molecular flexibility index (Phi) is 5.38. The average Bonchev–Trinajstić information content (AvgIpc) is 3.03. The Bertz CT molecular complexity index is 580. The van der Waals surface area contributed by atoms with Gasteiger partial charge in [0.05, 0.1) is 0 Å². The fourth-order valence-electron chi connectivity index (χ4n) is 3.43. The number of carbonyl (C=O) groups excluding carboxylic acids is 1. The molecule has 0 spiro atoms. The van der Waals surface area contributed by atoms with Crippen LogP contribution in [0.15, 0.2) is 29.3 Å². The molecule has 24 heavy (non-hydrogen) atoms. The van der Waals surface area contributed by atoms with Crippen molar-refractivity contribution in [3.05, 3.63) is 35.4 Å². The second-order valence-electron chi connectivity index (χ2n) is 7.03. The summed E-state index contributed by atoms with van der Waals surface area (Å²) in [5.41, 5.74) is 8.61. The molecule has 0 atom stereocenters. The van der Waals surface area contributed by atoms with Gasteiger partial charge in [-0.1, -0.05) is 31.2 Å². The van der Waals surface area contributed by atoms with Crippen molar-refractivity contribution in [2.45, 2.75) is 45.7 Å². The Morgan fingerprint density at radius 1 is 1.17 bits per heavy atom. The third-order valence-electron chi connectivity index (χ3n) is 5.12. The predicted octanol–water partition coefficient (Wildman–Crippen LogP) is 2.36. The Morgan fingerprint density at radius 2 is 1.79 bits per heavy atom. The number of hydrogen-bond donors (Lipinski definition) is 1. The first-order chi connectivity index (χ1) is 11.6. The Balaban J connectivity index is 1.39. The zero-order chi connectivity index (χ0) is 16.9. The number of benzene rings is 1. The second kappa shape index (κ2) is 7.69. The highest BCUT2D eigenvalue weighted by Crippen LogP contribution is 2.23. The lowest BCUT2D eigenvalue weighted by Crippen LogP contribution is -2.42. The van der Waals surface area contributed by atoms with Gasteiger partial charge in [-0.05, 0) is 36.3 Å². The minimum Gasteiger partial charge on any atom is -0.370 e. The number of hydrogen-bond acceptors (Lipinski definition) is 2. The first-order valence-corrected chi connectivity index (χ1v) is 9.03. The van der Waals surface area contributed by atoms with Crippen molar-refractivity contribution in [1.29, 1.82) is 0 Å². The quantitative estimate of drug-likeness (QED) is 0.524. The summed E-state index contributed by atoms with van der Waals surface area (Å²) < 4.78 is 0. The lowest BCUT2D eigenvalue weighted by molar-refractivity contribution is -0.131. The van der Waals surface area contributed by atoms with Crippen molar-refractivity contribution in [2.24, 2.45) is 16.6 Å². The van der Waals surface area contributed by atoms with E-state index in [4.69, 9.17) is 5.73 Å². The van der Waals surface area contributed by atoms with Gasteiger partial charge >= 0.3 is 0 Å². The lowest BCUT2D eigenvalue weighted by atomic mass is 10.00. The molecule has 0 aromatic heterocycles. The van der Waals surface area contributed by atoms with E-state index in [1.807, 2.05) is 17.0 Å². The summed E-state index contributed by atoms with van der Waals surface area (Å²) in [5.74, 6) is 1.64. The molecule has 0 saturated carbocycles. The number of aliphatic imine (C=N–C) groups is 1. The zero-order valence-corrected chi connectivity index (χ0v) is 14.6. The van der Waals surface area contributed by atoms with Crippen molar-refractivity contribution in [3.8, 4) is 0 Å². The average molecular weight is 328 g/mol. The number of nitrogens with zero attached hydrogens (tertiary/aromatic N) is 3. The number of nitrogens with two attached hydrogens (primary N) is 1. The third kappa shape index (κ3) is 4.08. The van der Waals surface area contributed by atoms with Gasteiger partial charge in [0.2, 0.25) is 5.91 Å². The molecule has 2 aliphatic rings. The number of amides is 1. The van der Waals surface area contributed by atoms with E-state index in [-0.39, 0.29) is 5.91 Å². The summed E-state index contributed by atoms with van der Waals surface area (Å²) in [6.45, 7) is 6.40. The summed E-state index contributed by atoms with van der Waals surface area (Å²) in [6.07, 6.45) is 3.67. The molecular weight excluding hydrogens is 300 g/mol. The molecule has 0 aliphatic carbocycles. The van der Waals surface area contributed by atoms with Gasteiger partial charge in [-0.2, -0.15) is 0 Å². The number of fused-ring (bicyclic) bond motifs is 1. The van der Waals surface area contributed by atoms with Crippen molar-refractivity contribution >= 4 is 11.9 Å². The van der Waals surface area contributed by atoms with Crippen LogP contribution in [-0.2, 0) is 17.9 Å². The van der Waals surface area contributed by atoms with Crippen LogP contribution in [0.25, 0.3) is 0 Å². The molecule has 1 fully saturated rings. The highest BCUT2D eigenvalue weighted by atomic mass is 16.2. The fraction of sp³-hybridized carbons (Fsp3) is 0.579. The minimum absolute atomic E-state index is 0.215. The largest absolute Gasteiger partial charge is 0.370 e. The molecule has 0 unspecified atom stereocenters. The van der Waals surface area contributed by atoms with Crippen LogP contribution in [0.5, 0.6) is 0 Å². The van der Waals surface area contributed by atoms with Gasteiger partial charge in [0, 0.05) is 39.1 Å². The van der Waals surface area contributed by atoms with Crippen molar-refractivity contribution in [2.75, 3.05) is 19.6 Å². The number of rotatable bonds is 4. The second-order valence-corrected chi connectivity index (χ2v) is 7.03. The summed E-state index contributed by atoms with van der Waals surface area (Å²) in [4.78, 5) is 20.9. The highest BCUT2D eigenvalue weighted by Gasteiger charge is 2.22. The van der Waals surface area contributed by atoms with E-state index in [0.717, 1.165) is 38.5 Å². The summed E-state index contributed by atoms with van der Waals surface area (Å²) in [7, 11) is 0. The summed E-state index contributed by atoms with van der Waals surface area (Å²) >= 11 is 0.